The van der Waals surface area contributed by atoms with Crippen molar-refractivity contribution in [3.8, 4) is 0 Å². The van der Waals surface area contributed by atoms with E-state index < -0.39 is 0 Å². The summed E-state index contributed by atoms with van der Waals surface area (Å²) in [4.78, 5) is 18.3. The van der Waals surface area contributed by atoms with Crippen LogP contribution >= 0.6 is 31.9 Å². The molecule has 0 atom stereocenters. The number of aromatic nitrogens is 3. The predicted molar refractivity (Wildman–Crippen MR) is 79.5 cm³/mol. The minimum atomic E-state index is 0.0662. The highest BCUT2D eigenvalue weighted by Gasteiger charge is 2.21. The van der Waals surface area contributed by atoms with Crippen molar-refractivity contribution in [3.63, 3.8) is 0 Å². The minimum absolute atomic E-state index is 0.0662. The Morgan fingerprint density at radius 3 is 2.85 bits per heavy atom. The zero-order valence-electron chi connectivity index (χ0n) is 10.6. The molecule has 0 unspecified atom stereocenters. The third-order valence-corrected chi connectivity index (χ3v) is 4.36. The maximum atomic E-state index is 12.2. The number of nitrogens with zero attached hydrogens (tertiary/aromatic N) is 4. The fourth-order valence-electron chi connectivity index (χ4n) is 2.11. The Morgan fingerprint density at radius 1 is 1.35 bits per heavy atom. The number of ether oxygens (including phenoxy) is 1. The maximum absolute atomic E-state index is 12.2. The van der Waals surface area contributed by atoms with E-state index in [9.17, 15) is 4.79 Å². The predicted octanol–water partition coefficient (Wildman–Crippen LogP) is 1.66. The lowest BCUT2D eigenvalue weighted by Gasteiger charge is -2.26. The first kappa shape index (κ1) is 14.0. The standard InChI is InChI=1S/C12H12Br2N4O2/c13-8-6-15-12-11(14)9(16-18(12)7-8)5-10(19)17-1-3-20-4-2-17/h6-7H,1-5H2. The van der Waals surface area contributed by atoms with Crippen molar-refractivity contribution in [3.05, 3.63) is 27.0 Å². The van der Waals surface area contributed by atoms with E-state index in [0.29, 0.717) is 37.6 Å². The molecule has 2 aromatic rings. The molecule has 6 nitrogen and oxygen atoms in total. The molecule has 20 heavy (non-hydrogen) atoms. The van der Waals surface area contributed by atoms with Gasteiger partial charge in [0.2, 0.25) is 5.91 Å². The molecule has 8 heteroatoms. The molecule has 1 aliphatic rings. The number of morpholine rings is 1. The molecule has 0 aromatic carbocycles. The van der Waals surface area contributed by atoms with E-state index in [1.165, 1.54) is 0 Å². The summed E-state index contributed by atoms with van der Waals surface area (Å²) in [6.07, 6.45) is 3.78. The van der Waals surface area contributed by atoms with Crippen LogP contribution in [0.5, 0.6) is 0 Å². The first-order valence-electron chi connectivity index (χ1n) is 6.19. The quantitative estimate of drug-likeness (QED) is 0.765. The van der Waals surface area contributed by atoms with E-state index in [-0.39, 0.29) is 12.3 Å². The van der Waals surface area contributed by atoms with Gasteiger partial charge in [-0.2, -0.15) is 5.10 Å². The van der Waals surface area contributed by atoms with Gasteiger partial charge in [0.1, 0.15) is 0 Å². The van der Waals surface area contributed by atoms with Crippen molar-refractivity contribution in [2.45, 2.75) is 6.42 Å². The molecule has 0 N–H and O–H groups in total. The average Bonchev–Trinajstić information content (AvgIpc) is 2.75. The Balaban J connectivity index is 1.83. The van der Waals surface area contributed by atoms with E-state index in [1.54, 1.807) is 10.7 Å². The fraction of sp³-hybridized carbons (Fsp3) is 0.417. The van der Waals surface area contributed by atoms with Gasteiger partial charge < -0.3 is 9.64 Å². The summed E-state index contributed by atoms with van der Waals surface area (Å²) in [5.74, 6) is 0.0662. The highest BCUT2D eigenvalue weighted by atomic mass is 79.9. The van der Waals surface area contributed by atoms with Gasteiger partial charge in [-0.3, -0.25) is 4.79 Å². The van der Waals surface area contributed by atoms with Crippen molar-refractivity contribution in [1.82, 2.24) is 19.5 Å². The highest BCUT2D eigenvalue weighted by Crippen LogP contribution is 2.23. The number of hydrogen-bond acceptors (Lipinski definition) is 4. The molecule has 3 rings (SSSR count). The fourth-order valence-corrected chi connectivity index (χ4v) is 2.91. The zero-order chi connectivity index (χ0) is 14.1. The lowest BCUT2D eigenvalue weighted by atomic mass is 10.2. The van der Waals surface area contributed by atoms with Gasteiger partial charge in [-0.1, -0.05) is 0 Å². The van der Waals surface area contributed by atoms with Crippen LogP contribution in [-0.4, -0.2) is 51.7 Å². The number of carbonyl (C=O) groups excluding carboxylic acids is 1. The summed E-state index contributed by atoms with van der Waals surface area (Å²) < 4.78 is 8.52. The van der Waals surface area contributed by atoms with Gasteiger partial charge in [-0.15, -0.1) is 0 Å². The van der Waals surface area contributed by atoms with Gasteiger partial charge in [0.05, 0.1) is 34.3 Å². The molecular weight excluding hydrogens is 392 g/mol. The molecule has 1 fully saturated rings. The number of rotatable bonds is 2. The molecule has 2 aromatic heterocycles. The van der Waals surface area contributed by atoms with Crippen molar-refractivity contribution in [1.29, 1.82) is 0 Å². The minimum Gasteiger partial charge on any atom is -0.378 e. The Morgan fingerprint density at radius 2 is 2.10 bits per heavy atom. The summed E-state index contributed by atoms with van der Waals surface area (Å²) in [5, 5.41) is 4.41. The molecule has 0 radical (unpaired) electrons. The topological polar surface area (TPSA) is 59.7 Å². The molecule has 0 aliphatic carbocycles. The third-order valence-electron chi connectivity index (χ3n) is 3.13. The van der Waals surface area contributed by atoms with Crippen LogP contribution in [0.3, 0.4) is 0 Å². The largest absolute Gasteiger partial charge is 0.378 e. The Bertz CT molecular complexity index is 652. The summed E-state index contributed by atoms with van der Waals surface area (Å²) in [6.45, 7) is 2.50. The lowest BCUT2D eigenvalue weighted by molar-refractivity contribution is -0.134. The number of fused-ring (bicyclic) bond motifs is 1. The first-order chi connectivity index (χ1) is 9.65. The molecule has 1 saturated heterocycles. The highest BCUT2D eigenvalue weighted by molar-refractivity contribution is 9.11. The zero-order valence-corrected chi connectivity index (χ0v) is 13.7. The normalized spacial score (nSPS) is 15.8. The summed E-state index contributed by atoms with van der Waals surface area (Å²) in [5.41, 5.74) is 1.41. The van der Waals surface area contributed by atoms with Crippen LogP contribution in [0.1, 0.15) is 5.69 Å². The summed E-state index contributed by atoms with van der Waals surface area (Å²) in [6, 6.07) is 0. The SMILES string of the molecule is O=C(Cc1nn2cc(Br)cnc2c1Br)N1CCOCC1. The number of carbonyl (C=O) groups is 1. The van der Waals surface area contributed by atoms with Crippen molar-refractivity contribution in [2.24, 2.45) is 0 Å². The summed E-state index contributed by atoms with van der Waals surface area (Å²) in [7, 11) is 0. The second-order valence-electron chi connectivity index (χ2n) is 4.47. The molecule has 1 aliphatic heterocycles. The molecular formula is C12H12Br2N4O2. The molecule has 0 bridgehead atoms. The van der Waals surface area contributed by atoms with Gasteiger partial charge in [-0.05, 0) is 31.9 Å². The second-order valence-corrected chi connectivity index (χ2v) is 6.18. The Kier molecular flexibility index (Phi) is 4.04. The van der Waals surface area contributed by atoms with E-state index in [2.05, 4.69) is 41.9 Å². The van der Waals surface area contributed by atoms with Gasteiger partial charge in [0.25, 0.3) is 0 Å². The second kappa shape index (κ2) is 5.79. The average molecular weight is 404 g/mol. The van der Waals surface area contributed by atoms with Gasteiger partial charge >= 0.3 is 0 Å². The first-order valence-corrected chi connectivity index (χ1v) is 7.77. The lowest BCUT2D eigenvalue weighted by Crippen LogP contribution is -2.41. The molecule has 0 spiro atoms. The van der Waals surface area contributed by atoms with Crippen LogP contribution in [0.4, 0.5) is 0 Å². The molecule has 3 heterocycles. The Labute approximate surface area is 132 Å². The van der Waals surface area contributed by atoms with E-state index in [0.717, 1.165) is 8.95 Å². The van der Waals surface area contributed by atoms with Gasteiger partial charge in [0.15, 0.2) is 5.65 Å². The molecule has 1 amide bonds. The van der Waals surface area contributed by atoms with Crippen LogP contribution < -0.4 is 0 Å². The van der Waals surface area contributed by atoms with Crippen molar-refractivity contribution < 1.29 is 9.53 Å². The van der Waals surface area contributed by atoms with Crippen LogP contribution in [0, 0.1) is 0 Å². The van der Waals surface area contributed by atoms with Crippen LogP contribution in [0.25, 0.3) is 5.65 Å². The van der Waals surface area contributed by atoms with Crippen LogP contribution in [0.15, 0.2) is 21.3 Å². The Hall–Kier alpha value is -0.990. The number of halogens is 2. The molecule has 0 saturated carbocycles. The maximum Gasteiger partial charge on any atom is 0.228 e. The smallest absolute Gasteiger partial charge is 0.228 e. The monoisotopic (exact) mass is 402 g/mol. The van der Waals surface area contributed by atoms with E-state index in [1.807, 2.05) is 11.1 Å². The third kappa shape index (κ3) is 2.72. The number of amides is 1. The van der Waals surface area contributed by atoms with Gasteiger partial charge in [-0.25, -0.2) is 9.50 Å². The number of hydrogen-bond donors (Lipinski definition) is 0. The van der Waals surface area contributed by atoms with Crippen LogP contribution in [-0.2, 0) is 16.0 Å². The van der Waals surface area contributed by atoms with Crippen LogP contribution in [0.2, 0.25) is 0 Å². The summed E-state index contributed by atoms with van der Waals surface area (Å²) >= 11 is 6.82. The van der Waals surface area contributed by atoms with Crippen molar-refractivity contribution in [2.75, 3.05) is 26.3 Å². The van der Waals surface area contributed by atoms with Crippen molar-refractivity contribution >= 4 is 43.4 Å². The van der Waals surface area contributed by atoms with E-state index >= 15 is 0 Å². The van der Waals surface area contributed by atoms with Gasteiger partial charge in [0, 0.05) is 25.5 Å². The molecule has 106 valence electrons. The van der Waals surface area contributed by atoms with E-state index in [4.69, 9.17) is 4.74 Å².